The van der Waals surface area contributed by atoms with E-state index in [1.165, 1.54) is 0 Å². The van der Waals surface area contributed by atoms with Gasteiger partial charge in [0.15, 0.2) is 12.0 Å². The first kappa shape index (κ1) is 18.5. The second-order valence-corrected chi connectivity index (χ2v) is 7.57. The van der Waals surface area contributed by atoms with Crippen LogP contribution in [0.3, 0.4) is 0 Å². The van der Waals surface area contributed by atoms with Crippen LogP contribution >= 0.6 is 0 Å². The number of pyridine rings is 1. The molecule has 1 aromatic heterocycles. The van der Waals surface area contributed by atoms with E-state index in [0.29, 0.717) is 31.1 Å². The van der Waals surface area contributed by atoms with Gasteiger partial charge in [0.1, 0.15) is 12.2 Å². The maximum atomic E-state index is 12.2. The molecule has 0 bridgehead atoms. The Morgan fingerprint density at radius 1 is 1.36 bits per heavy atom. The number of allylic oxidation sites excluding steroid dienone is 1. The van der Waals surface area contributed by atoms with E-state index in [-0.39, 0.29) is 18.0 Å². The van der Waals surface area contributed by atoms with E-state index < -0.39 is 0 Å². The average molecular weight is 386 g/mol. The standard InChI is InChI=1S/C19H26N6O3/c1-19(3-4-19)28-18(26)25-8-6-24(7-9-25)17-22-10-15(11-23-17)27-13-14-2-5-21-12-16(14)20/h2,5,10-12,17,22H,3-4,6-9,13,20H2,1H3. The number of ether oxygens (including phenoxy) is 2. The van der Waals surface area contributed by atoms with Crippen LogP contribution in [0.4, 0.5) is 10.5 Å². The van der Waals surface area contributed by atoms with Crippen molar-refractivity contribution < 1.29 is 14.3 Å². The number of aromatic nitrogens is 1. The van der Waals surface area contributed by atoms with Gasteiger partial charge in [-0.25, -0.2) is 9.79 Å². The minimum Gasteiger partial charge on any atom is -0.486 e. The van der Waals surface area contributed by atoms with Crippen LogP contribution in [0.5, 0.6) is 0 Å². The molecule has 1 amide bonds. The number of piperazine rings is 1. The maximum absolute atomic E-state index is 12.2. The van der Waals surface area contributed by atoms with Gasteiger partial charge >= 0.3 is 6.09 Å². The highest BCUT2D eigenvalue weighted by Gasteiger charge is 2.43. The van der Waals surface area contributed by atoms with Gasteiger partial charge in [0.2, 0.25) is 0 Å². The number of anilines is 1. The summed E-state index contributed by atoms with van der Waals surface area (Å²) in [5.74, 6) is 0.646. The molecule has 0 aromatic carbocycles. The third-order valence-corrected chi connectivity index (χ3v) is 5.26. The molecular weight excluding hydrogens is 360 g/mol. The van der Waals surface area contributed by atoms with Crippen LogP contribution in [0.15, 0.2) is 35.4 Å². The predicted molar refractivity (Wildman–Crippen MR) is 104 cm³/mol. The Morgan fingerprint density at radius 3 is 2.79 bits per heavy atom. The second kappa shape index (κ2) is 7.67. The number of amides is 1. The molecule has 0 spiro atoms. The Labute approximate surface area is 164 Å². The normalized spacial score (nSPS) is 23.5. The van der Waals surface area contributed by atoms with E-state index in [0.717, 1.165) is 31.5 Å². The molecule has 150 valence electrons. The third-order valence-electron chi connectivity index (χ3n) is 5.26. The Hall–Kier alpha value is -2.81. The monoisotopic (exact) mass is 386 g/mol. The van der Waals surface area contributed by atoms with E-state index in [2.05, 4.69) is 20.2 Å². The highest BCUT2D eigenvalue weighted by Crippen LogP contribution is 2.39. The zero-order valence-corrected chi connectivity index (χ0v) is 16.0. The Bertz CT molecular complexity index is 784. The number of hydrogen-bond acceptors (Lipinski definition) is 8. The first-order chi connectivity index (χ1) is 13.5. The van der Waals surface area contributed by atoms with Gasteiger partial charge in [0.05, 0.1) is 18.1 Å². The van der Waals surface area contributed by atoms with Crippen molar-refractivity contribution in [2.75, 3.05) is 31.9 Å². The Kier molecular flexibility index (Phi) is 5.08. The highest BCUT2D eigenvalue weighted by atomic mass is 16.6. The van der Waals surface area contributed by atoms with E-state index in [1.807, 2.05) is 19.2 Å². The lowest BCUT2D eigenvalue weighted by Crippen LogP contribution is -2.55. The summed E-state index contributed by atoms with van der Waals surface area (Å²) in [6.45, 7) is 5.08. The number of nitrogen functional groups attached to an aromatic ring is 1. The quantitative estimate of drug-likeness (QED) is 0.785. The summed E-state index contributed by atoms with van der Waals surface area (Å²) in [6, 6.07) is 1.83. The van der Waals surface area contributed by atoms with Gasteiger partial charge in [-0.1, -0.05) is 0 Å². The first-order valence-electron chi connectivity index (χ1n) is 9.55. The van der Waals surface area contributed by atoms with Crippen molar-refractivity contribution in [3.8, 4) is 0 Å². The van der Waals surface area contributed by atoms with Gasteiger partial charge in [-0.15, -0.1) is 0 Å². The van der Waals surface area contributed by atoms with Crippen LogP contribution in [-0.4, -0.2) is 65.2 Å². The minimum absolute atomic E-state index is 0.155. The van der Waals surface area contributed by atoms with Crippen LogP contribution < -0.4 is 11.1 Å². The summed E-state index contributed by atoms with van der Waals surface area (Å²) in [4.78, 5) is 24.6. The lowest BCUT2D eigenvalue weighted by atomic mass is 10.2. The van der Waals surface area contributed by atoms with Crippen molar-refractivity contribution in [3.05, 3.63) is 36.0 Å². The van der Waals surface area contributed by atoms with Crippen LogP contribution in [-0.2, 0) is 16.1 Å². The van der Waals surface area contributed by atoms with Crippen molar-refractivity contribution >= 4 is 18.0 Å². The van der Waals surface area contributed by atoms with Crippen molar-refractivity contribution in [1.29, 1.82) is 0 Å². The smallest absolute Gasteiger partial charge is 0.410 e. The molecule has 2 aliphatic heterocycles. The van der Waals surface area contributed by atoms with Crippen molar-refractivity contribution in [2.45, 2.75) is 38.3 Å². The second-order valence-electron chi connectivity index (χ2n) is 7.57. The largest absolute Gasteiger partial charge is 0.486 e. The molecule has 1 aromatic rings. The van der Waals surface area contributed by atoms with Crippen LogP contribution in [0.2, 0.25) is 0 Å². The fourth-order valence-electron chi connectivity index (χ4n) is 3.09. The summed E-state index contributed by atoms with van der Waals surface area (Å²) in [5, 5.41) is 3.24. The summed E-state index contributed by atoms with van der Waals surface area (Å²) in [5.41, 5.74) is 7.13. The first-order valence-corrected chi connectivity index (χ1v) is 9.55. The third kappa shape index (κ3) is 4.36. The fraction of sp³-hybridized carbons (Fsp3) is 0.526. The summed E-state index contributed by atoms with van der Waals surface area (Å²) < 4.78 is 11.3. The Morgan fingerprint density at radius 2 is 2.14 bits per heavy atom. The van der Waals surface area contributed by atoms with Crippen molar-refractivity contribution in [2.24, 2.45) is 4.99 Å². The molecule has 3 heterocycles. The molecule has 3 N–H and O–H groups in total. The summed E-state index contributed by atoms with van der Waals surface area (Å²) in [7, 11) is 0. The number of nitrogens with two attached hydrogens (primary N) is 1. The number of aliphatic imine (C=N–C) groups is 1. The van der Waals surface area contributed by atoms with Gasteiger partial charge in [-0.2, -0.15) is 0 Å². The molecule has 0 radical (unpaired) electrons. The molecule has 4 rings (SSSR count). The molecule has 3 aliphatic rings. The molecule has 1 unspecified atom stereocenters. The van der Waals surface area contributed by atoms with Crippen molar-refractivity contribution in [1.82, 2.24) is 20.1 Å². The topological polar surface area (TPSA) is 105 Å². The van der Waals surface area contributed by atoms with Gasteiger partial charge in [0.25, 0.3) is 0 Å². The number of nitrogens with zero attached hydrogens (tertiary/aromatic N) is 4. The minimum atomic E-state index is -0.231. The summed E-state index contributed by atoms with van der Waals surface area (Å²) in [6.07, 6.45) is 8.39. The van der Waals surface area contributed by atoms with Gasteiger partial charge < -0.3 is 25.4 Å². The van der Waals surface area contributed by atoms with Crippen LogP contribution in [0.1, 0.15) is 25.3 Å². The van der Waals surface area contributed by atoms with Gasteiger partial charge in [0, 0.05) is 44.1 Å². The zero-order chi connectivity index (χ0) is 19.6. The molecule has 1 saturated carbocycles. The number of hydrogen-bond donors (Lipinski definition) is 2. The molecule has 9 nitrogen and oxygen atoms in total. The van der Waals surface area contributed by atoms with Crippen LogP contribution in [0, 0.1) is 0 Å². The maximum Gasteiger partial charge on any atom is 0.410 e. The van der Waals surface area contributed by atoms with E-state index in [9.17, 15) is 4.79 Å². The predicted octanol–water partition coefficient (Wildman–Crippen LogP) is 1.29. The lowest BCUT2D eigenvalue weighted by Gasteiger charge is -2.38. The van der Waals surface area contributed by atoms with E-state index in [4.69, 9.17) is 15.2 Å². The molecule has 9 heteroatoms. The molecular formula is C19H26N6O3. The molecule has 2 fully saturated rings. The molecule has 28 heavy (non-hydrogen) atoms. The van der Waals surface area contributed by atoms with E-state index in [1.54, 1.807) is 23.5 Å². The summed E-state index contributed by atoms with van der Waals surface area (Å²) >= 11 is 0. The van der Waals surface area contributed by atoms with Gasteiger partial charge in [-0.05, 0) is 25.8 Å². The van der Waals surface area contributed by atoms with Crippen LogP contribution in [0.25, 0.3) is 0 Å². The van der Waals surface area contributed by atoms with E-state index >= 15 is 0 Å². The highest BCUT2D eigenvalue weighted by molar-refractivity contribution is 5.76. The number of rotatable bonds is 5. The average Bonchev–Trinajstić information content (AvgIpc) is 3.44. The number of carbonyl (C=O) groups is 1. The Balaban J connectivity index is 1.22. The number of nitrogens with one attached hydrogen (secondary N) is 1. The molecule has 1 atom stereocenters. The number of carbonyl (C=O) groups excluding carboxylic acids is 1. The SMILES string of the molecule is CC1(OC(=O)N2CCN(C3N=CC(OCc4ccncc4N)=CN3)CC2)CC1. The van der Waals surface area contributed by atoms with Crippen molar-refractivity contribution in [3.63, 3.8) is 0 Å². The zero-order valence-electron chi connectivity index (χ0n) is 16.0. The molecule has 1 saturated heterocycles. The molecule has 1 aliphatic carbocycles. The van der Waals surface area contributed by atoms with Gasteiger partial charge in [-0.3, -0.25) is 9.88 Å². The lowest BCUT2D eigenvalue weighted by molar-refractivity contribution is 0.0339. The fourth-order valence-corrected chi connectivity index (χ4v) is 3.09.